The van der Waals surface area contributed by atoms with Gasteiger partial charge in [-0.3, -0.25) is 0 Å². The lowest BCUT2D eigenvalue weighted by Gasteiger charge is -2.19. The van der Waals surface area contributed by atoms with Gasteiger partial charge in [-0.25, -0.2) is 15.0 Å². The molecule has 57 heavy (non-hydrogen) atoms. The van der Waals surface area contributed by atoms with Crippen LogP contribution in [0.4, 0.5) is 0 Å². The van der Waals surface area contributed by atoms with Crippen LogP contribution in [0.3, 0.4) is 0 Å². The maximum Gasteiger partial charge on any atom is 0.164 e. The first-order chi connectivity index (χ1) is 28.2. The topological polar surface area (TPSA) is 51.8 Å². The van der Waals surface area contributed by atoms with Gasteiger partial charge in [0.2, 0.25) is 0 Å². The number of hydrogen-bond donors (Lipinski definition) is 0. The molecule has 268 valence electrons. The van der Waals surface area contributed by atoms with Crippen LogP contribution in [0.25, 0.3) is 101 Å². The van der Waals surface area contributed by atoms with Gasteiger partial charge in [-0.05, 0) is 98.5 Å². The molecule has 0 amide bonds. The van der Waals surface area contributed by atoms with E-state index in [0.717, 1.165) is 73.7 Å². The Morgan fingerprint density at radius 3 is 1.86 bits per heavy atom. The van der Waals surface area contributed by atoms with Crippen molar-refractivity contribution >= 4 is 44.4 Å². The molecule has 11 rings (SSSR count). The zero-order valence-electron chi connectivity index (χ0n) is 31.1. The number of aromatic nitrogens is 3. The van der Waals surface area contributed by atoms with Crippen molar-refractivity contribution in [1.82, 2.24) is 15.0 Å². The molecule has 0 unspecified atom stereocenters. The summed E-state index contributed by atoms with van der Waals surface area (Å²) in [5.41, 5.74) is 14.3. The summed E-state index contributed by atoms with van der Waals surface area (Å²) >= 11 is 0. The lowest BCUT2D eigenvalue weighted by Crippen LogP contribution is -2.00. The molecule has 0 aliphatic heterocycles. The van der Waals surface area contributed by atoms with E-state index in [0.29, 0.717) is 17.5 Å². The second kappa shape index (κ2) is 13.7. The van der Waals surface area contributed by atoms with Crippen LogP contribution in [0.2, 0.25) is 0 Å². The molecule has 2 aromatic heterocycles. The molecule has 1 aliphatic rings. The summed E-state index contributed by atoms with van der Waals surface area (Å²) in [6, 6.07) is 63.8. The molecule has 0 atom stereocenters. The van der Waals surface area contributed by atoms with Gasteiger partial charge >= 0.3 is 0 Å². The van der Waals surface area contributed by atoms with Gasteiger partial charge in [-0.15, -0.1) is 0 Å². The molecule has 0 saturated heterocycles. The number of fused-ring (bicyclic) bond motifs is 6. The third kappa shape index (κ3) is 5.99. The van der Waals surface area contributed by atoms with Crippen molar-refractivity contribution in [3.05, 3.63) is 199 Å². The Hall–Kier alpha value is -7.43. The number of nitrogens with zero attached hydrogens (tertiary/aromatic N) is 3. The van der Waals surface area contributed by atoms with E-state index in [-0.39, 0.29) is 0 Å². The molecule has 0 N–H and O–H groups in total. The van der Waals surface area contributed by atoms with E-state index in [2.05, 4.69) is 140 Å². The van der Waals surface area contributed by atoms with Crippen LogP contribution in [-0.4, -0.2) is 15.0 Å². The van der Waals surface area contributed by atoms with Crippen LogP contribution < -0.4 is 0 Å². The van der Waals surface area contributed by atoms with E-state index in [1.807, 2.05) is 48.5 Å². The minimum absolute atomic E-state index is 0.599. The van der Waals surface area contributed by atoms with Crippen molar-refractivity contribution in [1.29, 1.82) is 0 Å². The fraction of sp³-hybridized carbons (Fsp3) is 0.0377. The summed E-state index contributed by atoms with van der Waals surface area (Å²) in [5.74, 6) is 1.84. The molecule has 10 aromatic rings. The second-order valence-corrected chi connectivity index (χ2v) is 14.7. The van der Waals surface area contributed by atoms with Gasteiger partial charge in [0.1, 0.15) is 11.2 Å². The molecule has 1 aliphatic carbocycles. The highest BCUT2D eigenvalue weighted by Crippen LogP contribution is 2.40. The minimum Gasteiger partial charge on any atom is -0.456 e. The fourth-order valence-electron chi connectivity index (χ4n) is 8.37. The minimum atomic E-state index is 0.599. The lowest BCUT2D eigenvalue weighted by atomic mass is 9.85. The fourth-order valence-corrected chi connectivity index (χ4v) is 8.37. The first-order valence-electron chi connectivity index (χ1n) is 19.5. The SMILES string of the molecule is C1=C(c2cccc(-c3ccc4oc5cccc(-c6nc(-c7ccccc7)nc(-c7cccc(-c8ccccc8)c7)n6)c5c4c3)c2)CCc2ccc3ccccc3c21. The van der Waals surface area contributed by atoms with E-state index >= 15 is 0 Å². The first-order valence-corrected chi connectivity index (χ1v) is 19.5. The Balaban J connectivity index is 1.03. The van der Waals surface area contributed by atoms with Crippen LogP contribution in [0.5, 0.6) is 0 Å². The van der Waals surface area contributed by atoms with Crippen LogP contribution in [0.1, 0.15) is 23.1 Å². The van der Waals surface area contributed by atoms with Crippen molar-refractivity contribution in [3.63, 3.8) is 0 Å². The zero-order chi connectivity index (χ0) is 37.7. The quantitative estimate of drug-likeness (QED) is 0.171. The largest absolute Gasteiger partial charge is 0.456 e. The van der Waals surface area contributed by atoms with Crippen molar-refractivity contribution in [2.45, 2.75) is 12.8 Å². The smallest absolute Gasteiger partial charge is 0.164 e. The van der Waals surface area contributed by atoms with Crippen molar-refractivity contribution in [3.8, 4) is 56.4 Å². The lowest BCUT2D eigenvalue weighted by molar-refractivity contribution is 0.669. The Labute approximate surface area is 330 Å². The van der Waals surface area contributed by atoms with Gasteiger partial charge in [-0.2, -0.15) is 0 Å². The molecule has 0 spiro atoms. The summed E-state index contributed by atoms with van der Waals surface area (Å²) in [5, 5.41) is 4.61. The van der Waals surface area contributed by atoms with Crippen LogP contribution in [0, 0.1) is 0 Å². The number of hydrogen-bond acceptors (Lipinski definition) is 4. The molecule has 4 nitrogen and oxygen atoms in total. The highest BCUT2D eigenvalue weighted by atomic mass is 16.3. The molecule has 4 heteroatoms. The van der Waals surface area contributed by atoms with E-state index in [4.69, 9.17) is 19.4 Å². The molecule has 0 fully saturated rings. The van der Waals surface area contributed by atoms with Crippen LogP contribution in [0.15, 0.2) is 186 Å². The number of allylic oxidation sites excluding steroid dienone is 1. The van der Waals surface area contributed by atoms with Gasteiger partial charge in [-0.1, -0.05) is 158 Å². The van der Waals surface area contributed by atoms with Gasteiger partial charge in [0.15, 0.2) is 17.5 Å². The van der Waals surface area contributed by atoms with E-state index < -0.39 is 0 Å². The van der Waals surface area contributed by atoms with E-state index in [9.17, 15) is 0 Å². The third-order valence-corrected chi connectivity index (χ3v) is 11.2. The monoisotopic (exact) mass is 729 g/mol. The summed E-state index contributed by atoms with van der Waals surface area (Å²) < 4.78 is 6.51. The summed E-state index contributed by atoms with van der Waals surface area (Å²) in [4.78, 5) is 15.3. The van der Waals surface area contributed by atoms with E-state index in [1.54, 1.807) is 0 Å². The van der Waals surface area contributed by atoms with Gasteiger partial charge < -0.3 is 4.42 Å². The Bertz CT molecular complexity index is 3180. The maximum atomic E-state index is 6.51. The molecular formula is C53H35N3O. The number of furan rings is 1. The van der Waals surface area contributed by atoms with Crippen molar-refractivity contribution in [2.75, 3.05) is 0 Å². The average molecular weight is 730 g/mol. The standard InChI is InChI=1S/C53H35N3O/c1-3-12-34(13-4-1)38-17-10-20-43(31-38)52-54-51(37-15-5-2-6-16-37)55-53(56-52)45-22-11-23-49-50(45)47-33-42(28-29-48(47)57-49)40-19-9-18-39(30-40)41-27-26-36-25-24-35-14-7-8-21-44(35)46(36)32-41/h1-25,28-33H,26-27H2. The van der Waals surface area contributed by atoms with Crippen LogP contribution in [-0.2, 0) is 6.42 Å². The Morgan fingerprint density at radius 1 is 0.386 bits per heavy atom. The number of benzene rings is 8. The molecule has 0 radical (unpaired) electrons. The number of rotatable bonds is 6. The second-order valence-electron chi connectivity index (χ2n) is 14.7. The number of aryl methyl sites for hydroxylation is 1. The maximum absolute atomic E-state index is 6.51. The predicted octanol–water partition coefficient (Wildman–Crippen LogP) is 13.7. The molecule has 0 bridgehead atoms. The Kier molecular flexibility index (Phi) is 7.92. The summed E-state index contributed by atoms with van der Waals surface area (Å²) in [7, 11) is 0. The molecule has 0 saturated carbocycles. The third-order valence-electron chi connectivity index (χ3n) is 11.2. The first kappa shape index (κ1) is 33.0. The summed E-state index contributed by atoms with van der Waals surface area (Å²) in [6.45, 7) is 0. The highest BCUT2D eigenvalue weighted by Gasteiger charge is 2.20. The molecule has 2 heterocycles. The average Bonchev–Trinajstić information content (AvgIpc) is 3.68. The van der Waals surface area contributed by atoms with Crippen LogP contribution >= 0.6 is 0 Å². The van der Waals surface area contributed by atoms with Gasteiger partial charge in [0.25, 0.3) is 0 Å². The van der Waals surface area contributed by atoms with Crippen molar-refractivity contribution in [2.24, 2.45) is 0 Å². The summed E-state index contributed by atoms with van der Waals surface area (Å²) in [6.07, 6.45) is 4.46. The zero-order valence-corrected chi connectivity index (χ0v) is 31.1. The molecular weight excluding hydrogens is 695 g/mol. The normalized spacial score (nSPS) is 12.5. The van der Waals surface area contributed by atoms with E-state index in [1.165, 1.54) is 33.0 Å². The highest BCUT2D eigenvalue weighted by molar-refractivity contribution is 6.13. The Morgan fingerprint density at radius 2 is 1.02 bits per heavy atom. The molecule has 8 aromatic carbocycles. The van der Waals surface area contributed by atoms with Crippen molar-refractivity contribution < 1.29 is 4.42 Å². The van der Waals surface area contributed by atoms with Gasteiger partial charge in [0.05, 0.1) is 0 Å². The van der Waals surface area contributed by atoms with Gasteiger partial charge in [0, 0.05) is 27.5 Å². The predicted molar refractivity (Wildman–Crippen MR) is 234 cm³/mol.